The van der Waals surface area contributed by atoms with Gasteiger partial charge in [-0.3, -0.25) is 4.40 Å². The predicted molar refractivity (Wildman–Crippen MR) is 48.4 cm³/mol. The quantitative estimate of drug-likeness (QED) is 0.737. The monoisotopic (exact) mass is 195 g/mol. The third-order valence-corrected chi connectivity index (χ3v) is 2.01. The molecule has 0 aliphatic rings. The number of halogens is 1. The van der Waals surface area contributed by atoms with Crippen molar-refractivity contribution in [2.45, 2.75) is 12.8 Å². The Labute approximate surface area is 80.0 Å². The van der Waals surface area contributed by atoms with Gasteiger partial charge in [-0.15, -0.1) is 10.2 Å². The third kappa shape index (κ3) is 1.46. The van der Waals surface area contributed by atoms with Crippen molar-refractivity contribution in [2.24, 2.45) is 0 Å². The van der Waals surface area contributed by atoms with Crippen LogP contribution >= 0.6 is 0 Å². The molecule has 2 rings (SSSR count). The van der Waals surface area contributed by atoms with E-state index >= 15 is 0 Å². The molecule has 0 bridgehead atoms. The molecule has 0 saturated carbocycles. The molecular formula is C9H10FN3O. The van der Waals surface area contributed by atoms with Crippen LogP contribution in [-0.2, 0) is 6.42 Å². The summed E-state index contributed by atoms with van der Waals surface area (Å²) < 4.78 is 14.7. The minimum atomic E-state index is -0.375. The van der Waals surface area contributed by atoms with Gasteiger partial charge in [-0.05, 0) is 18.6 Å². The Kier molecular flexibility index (Phi) is 2.41. The summed E-state index contributed by atoms with van der Waals surface area (Å²) in [6.07, 6.45) is 1.09. The molecule has 2 heterocycles. The van der Waals surface area contributed by atoms with Crippen LogP contribution < -0.4 is 0 Å². The van der Waals surface area contributed by atoms with Crippen LogP contribution in [0.5, 0.6) is 0 Å². The SMILES string of the molecule is OCCCc1nnc2cccc(F)n12. The lowest BCUT2D eigenvalue weighted by atomic mass is 10.3. The highest BCUT2D eigenvalue weighted by Crippen LogP contribution is 2.08. The first-order chi connectivity index (χ1) is 6.83. The normalized spacial score (nSPS) is 11.0. The van der Waals surface area contributed by atoms with Gasteiger partial charge in [-0.2, -0.15) is 4.39 Å². The van der Waals surface area contributed by atoms with Crippen molar-refractivity contribution < 1.29 is 9.50 Å². The average molecular weight is 195 g/mol. The summed E-state index contributed by atoms with van der Waals surface area (Å²) in [6.45, 7) is 0.0728. The number of aliphatic hydroxyl groups excluding tert-OH is 1. The van der Waals surface area contributed by atoms with Crippen molar-refractivity contribution in [1.82, 2.24) is 14.6 Å². The van der Waals surface area contributed by atoms with Crippen molar-refractivity contribution in [2.75, 3.05) is 6.61 Å². The van der Waals surface area contributed by atoms with E-state index in [1.807, 2.05) is 0 Å². The van der Waals surface area contributed by atoms with Crippen molar-refractivity contribution >= 4 is 5.65 Å². The summed E-state index contributed by atoms with van der Waals surface area (Å²) in [4.78, 5) is 0. The smallest absolute Gasteiger partial charge is 0.200 e. The molecule has 0 aromatic carbocycles. The second-order valence-corrected chi connectivity index (χ2v) is 2.99. The van der Waals surface area contributed by atoms with Gasteiger partial charge in [-0.25, -0.2) is 0 Å². The molecule has 0 amide bonds. The van der Waals surface area contributed by atoms with Gasteiger partial charge in [0.05, 0.1) is 0 Å². The van der Waals surface area contributed by atoms with Crippen LogP contribution in [0, 0.1) is 5.95 Å². The number of hydrogen-bond acceptors (Lipinski definition) is 3. The highest BCUT2D eigenvalue weighted by Gasteiger charge is 2.07. The number of aliphatic hydroxyl groups is 1. The Morgan fingerprint density at radius 2 is 2.21 bits per heavy atom. The van der Waals surface area contributed by atoms with Crippen LogP contribution in [0.3, 0.4) is 0 Å². The Bertz CT molecular complexity index is 441. The molecule has 14 heavy (non-hydrogen) atoms. The lowest BCUT2D eigenvalue weighted by Crippen LogP contribution is -2.00. The van der Waals surface area contributed by atoms with Gasteiger partial charge in [0.1, 0.15) is 5.82 Å². The van der Waals surface area contributed by atoms with E-state index in [2.05, 4.69) is 10.2 Å². The fraction of sp³-hybridized carbons (Fsp3) is 0.333. The number of aromatic nitrogens is 3. The largest absolute Gasteiger partial charge is 0.396 e. The Morgan fingerprint density at radius 1 is 1.36 bits per heavy atom. The number of pyridine rings is 1. The minimum absolute atomic E-state index is 0.0728. The zero-order valence-corrected chi connectivity index (χ0v) is 7.52. The van der Waals surface area contributed by atoms with Crippen LogP contribution in [0.1, 0.15) is 12.2 Å². The van der Waals surface area contributed by atoms with E-state index in [0.717, 1.165) is 0 Å². The van der Waals surface area contributed by atoms with Gasteiger partial charge in [0.2, 0.25) is 5.95 Å². The van der Waals surface area contributed by atoms with E-state index in [0.29, 0.717) is 24.3 Å². The van der Waals surface area contributed by atoms with Crippen molar-refractivity contribution in [3.63, 3.8) is 0 Å². The molecule has 0 fully saturated rings. The zero-order valence-electron chi connectivity index (χ0n) is 7.52. The average Bonchev–Trinajstić information content (AvgIpc) is 2.59. The summed E-state index contributed by atoms with van der Waals surface area (Å²) in [5.74, 6) is 0.174. The van der Waals surface area contributed by atoms with Gasteiger partial charge in [0, 0.05) is 13.0 Å². The van der Waals surface area contributed by atoms with Crippen molar-refractivity contribution in [3.8, 4) is 0 Å². The summed E-state index contributed by atoms with van der Waals surface area (Å²) in [5.41, 5.74) is 0.498. The maximum Gasteiger partial charge on any atom is 0.200 e. The summed E-state index contributed by atoms with van der Waals surface area (Å²) in [7, 11) is 0. The lowest BCUT2D eigenvalue weighted by Gasteiger charge is -1.99. The van der Waals surface area contributed by atoms with Crippen molar-refractivity contribution in [3.05, 3.63) is 30.0 Å². The van der Waals surface area contributed by atoms with Gasteiger partial charge in [-0.1, -0.05) is 6.07 Å². The first kappa shape index (κ1) is 9.08. The maximum absolute atomic E-state index is 13.3. The molecule has 4 nitrogen and oxygen atoms in total. The lowest BCUT2D eigenvalue weighted by molar-refractivity contribution is 0.287. The van der Waals surface area contributed by atoms with Crippen LogP contribution in [0.2, 0.25) is 0 Å². The van der Waals surface area contributed by atoms with E-state index < -0.39 is 0 Å². The van der Waals surface area contributed by atoms with Crippen LogP contribution in [0.25, 0.3) is 5.65 Å². The molecule has 0 aliphatic carbocycles. The van der Waals surface area contributed by atoms with Crippen LogP contribution in [0.15, 0.2) is 18.2 Å². The molecule has 74 valence electrons. The highest BCUT2D eigenvalue weighted by molar-refractivity contribution is 5.37. The molecule has 0 saturated heterocycles. The topological polar surface area (TPSA) is 50.4 Å². The summed E-state index contributed by atoms with van der Waals surface area (Å²) in [6, 6.07) is 4.65. The number of rotatable bonds is 3. The Morgan fingerprint density at radius 3 is 3.00 bits per heavy atom. The third-order valence-electron chi connectivity index (χ3n) is 2.01. The molecule has 2 aromatic heterocycles. The second-order valence-electron chi connectivity index (χ2n) is 2.99. The molecule has 0 aliphatic heterocycles. The number of aryl methyl sites for hydroxylation is 1. The standard InChI is InChI=1S/C9H10FN3O/c10-7-3-1-4-8-11-12-9(13(7)8)5-2-6-14/h1,3-4,14H,2,5-6H2. The fourth-order valence-electron chi connectivity index (χ4n) is 1.36. The number of nitrogens with zero attached hydrogens (tertiary/aromatic N) is 3. The highest BCUT2D eigenvalue weighted by atomic mass is 19.1. The van der Waals surface area contributed by atoms with E-state index in [1.54, 1.807) is 12.1 Å². The van der Waals surface area contributed by atoms with Crippen LogP contribution in [0.4, 0.5) is 4.39 Å². The molecule has 0 atom stereocenters. The van der Waals surface area contributed by atoms with Crippen molar-refractivity contribution in [1.29, 1.82) is 0 Å². The van der Waals surface area contributed by atoms with E-state index in [1.165, 1.54) is 10.5 Å². The zero-order chi connectivity index (χ0) is 9.97. The number of fused-ring (bicyclic) bond motifs is 1. The predicted octanol–water partition coefficient (Wildman–Crippen LogP) is 0.793. The van der Waals surface area contributed by atoms with Gasteiger partial charge in [0.25, 0.3) is 0 Å². The second kappa shape index (κ2) is 3.71. The first-order valence-electron chi connectivity index (χ1n) is 4.42. The minimum Gasteiger partial charge on any atom is -0.396 e. The summed E-state index contributed by atoms with van der Waals surface area (Å²) in [5, 5.41) is 16.3. The van der Waals surface area contributed by atoms with Gasteiger partial charge >= 0.3 is 0 Å². The molecule has 2 aromatic rings. The summed E-state index contributed by atoms with van der Waals surface area (Å²) >= 11 is 0. The van der Waals surface area contributed by atoms with E-state index in [9.17, 15) is 4.39 Å². The Balaban J connectivity index is 2.45. The molecule has 5 heteroatoms. The van der Waals surface area contributed by atoms with E-state index in [4.69, 9.17) is 5.11 Å². The van der Waals surface area contributed by atoms with E-state index in [-0.39, 0.29) is 12.6 Å². The maximum atomic E-state index is 13.3. The molecule has 0 spiro atoms. The van der Waals surface area contributed by atoms with Gasteiger partial charge in [0.15, 0.2) is 5.65 Å². The molecular weight excluding hydrogens is 185 g/mol. The molecule has 1 N–H and O–H groups in total. The first-order valence-corrected chi connectivity index (χ1v) is 4.42. The number of hydrogen-bond donors (Lipinski definition) is 1. The van der Waals surface area contributed by atoms with Crippen LogP contribution in [-0.4, -0.2) is 26.3 Å². The van der Waals surface area contributed by atoms with Gasteiger partial charge < -0.3 is 5.11 Å². The molecule has 0 unspecified atom stereocenters. The Hall–Kier alpha value is -1.49. The fourth-order valence-corrected chi connectivity index (χ4v) is 1.36. The molecule has 0 radical (unpaired) electrons.